The summed E-state index contributed by atoms with van der Waals surface area (Å²) in [6.45, 7) is 0. The molecule has 2 aromatic carbocycles. The van der Waals surface area contributed by atoms with E-state index in [2.05, 4.69) is 15.5 Å². The van der Waals surface area contributed by atoms with Gasteiger partial charge < -0.3 is 14.8 Å². The first-order chi connectivity index (χ1) is 14.8. The van der Waals surface area contributed by atoms with Crippen molar-refractivity contribution in [2.75, 3.05) is 25.3 Å². The molecule has 0 saturated heterocycles. The second-order valence-corrected chi connectivity index (χ2v) is 7.23. The third-order valence-corrected chi connectivity index (χ3v) is 5.09. The summed E-state index contributed by atoms with van der Waals surface area (Å²) in [6, 6.07) is 13.1. The van der Waals surface area contributed by atoms with Crippen LogP contribution in [0.25, 0.3) is 11.3 Å². The molecule has 10 heteroatoms. The Balaban J connectivity index is 1.58. The first-order valence-corrected chi connectivity index (χ1v) is 9.95. The van der Waals surface area contributed by atoms with E-state index in [0.717, 1.165) is 29.5 Å². The van der Waals surface area contributed by atoms with Gasteiger partial charge in [0.15, 0.2) is 0 Å². The van der Waals surface area contributed by atoms with Gasteiger partial charge in [-0.25, -0.2) is 0 Å². The number of rotatable bonds is 7. The summed E-state index contributed by atoms with van der Waals surface area (Å²) in [7, 11) is 3.11. The summed E-state index contributed by atoms with van der Waals surface area (Å²) < 4.78 is 48.3. The number of anilines is 1. The SMILES string of the molecule is COc1ccc(-c2ccc(SCC(=O)Nc3ccc(C(F)(F)F)cc3)nn2)c(OC)c1. The molecule has 0 aliphatic rings. The number of nitrogens with zero attached hydrogens (tertiary/aromatic N) is 2. The van der Waals surface area contributed by atoms with Crippen LogP contribution in [0.5, 0.6) is 11.5 Å². The van der Waals surface area contributed by atoms with Crippen molar-refractivity contribution in [3.05, 3.63) is 60.2 Å². The zero-order chi connectivity index (χ0) is 22.4. The molecule has 0 saturated carbocycles. The lowest BCUT2D eigenvalue weighted by Gasteiger charge is -2.10. The normalized spacial score (nSPS) is 11.1. The summed E-state index contributed by atoms with van der Waals surface area (Å²) >= 11 is 1.16. The second-order valence-electron chi connectivity index (χ2n) is 6.23. The highest BCUT2D eigenvalue weighted by Gasteiger charge is 2.30. The van der Waals surface area contributed by atoms with E-state index in [1.54, 1.807) is 38.5 Å². The summed E-state index contributed by atoms with van der Waals surface area (Å²) in [4.78, 5) is 12.1. The Labute approximate surface area is 180 Å². The lowest BCUT2D eigenvalue weighted by atomic mass is 10.1. The van der Waals surface area contributed by atoms with Crippen molar-refractivity contribution in [1.82, 2.24) is 10.2 Å². The molecule has 0 aliphatic heterocycles. The van der Waals surface area contributed by atoms with Crippen LogP contribution in [-0.2, 0) is 11.0 Å². The van der Waals surface area contributed by atoms with Crippen LogP contribution in [0.15, 0.2) is 59.6 Å². The number of ether oxygens (including phenoxy) is 2. The smallest absolute Gasteiger partial charge is 0.416 e. The third kappa shape index (κ3) is 5.88. The number of nitrogens with one attached hydrogen (secondary N) is 1. The standard InChI is InChI=1S/C21H18F3N3O3S/c1-29-15-7-8-16(18(11-15)30-2)17-9-10-20(27-26-17)31-12-19(28)25-14-5-3-13(4-6-14)21(22,23)24/h3-11H,12H2,1-2H3,(H,25,28). The van der Waals surface area contributed by atoms with E-state index in [9.17, 15) is 18.0 Å². The molecule has 0 atom stereocenters. The fourth-order valence-corrected chi connectivity index (χ4v) is 3.24. The van der Waals surface area contributed by atoms with Gasteiger partial charge in [0.05, 0.1) is 31.2 Å². The van der Waals surface area contributed by atoms with Crippen LogP contribution in [0.4, 0.5) is 18.9 Å². The van der Waals surface area contributed by atoms with Crippen LogP contribution in [0, 0.1) is 0 Å². The molecule has 3 aromatic rings. The molecule has 0 unspecified atom stereocenters. The first-order valence-electron chi connectivity index (χ1n) is 8.96. The van der Waals surface area contributed by atoms with E-state index in [0.29, 0.717) is 22.2 Å². The van der Waals surface area contributed by atoms with Gasteiger partial charge in [0.1, 0.15) is 16.5 Å². The molecule has 6 nitrogen and oxygen atoms in total. The Kier molecular flexibility index (Phi) is 7.01. The molecular weight excluding hydrogens is 431 g/mol. The zero-order valence-electron chi connectivity index (χ0n) is 16.6. The predicted molar refractivity (Wildman–Crippen MR) is 111 cm³/mol. The maximum atomic E-state index is 12.6. The summed E-state index contributed by atoms with van der Waals surface area (Å²) in [6.07, 6.45) is -4.42. The highest BCUT2D eigenvalue weighted by atomic mass is 32.2. The van der Waals surface area contributed by atoms with Crippen molar-refractivity contribution in [3.63, 3.8) is 0 Å². The molecule has 3 rings (SSSR count). The van der Waals surface area contributed by atoms with Gasteiger partial charge in [-0.1, -0.05) is 11.8 Å². The van der Waals surface area contributed by atoms with Gasteiger partial charge in [-0.15, -0.1) is 10.2 Å². The molecule has 1 N–H and O–H groups in total. The monoisotopic (exact) mass is 449 g/mol. The Morgan fingerprint density at radius 2 is 1.74 bits per heavy atom. The summed E-state index contributed by atoms with van der Waals surface area (Å²) in [5.41, 5.74) is 0.848. The molecule has 0 aliphatic carbocycles. The van der Waals surface area contributed by atoms with E-state index < -0.39 is 11.7 Å². The average molecular weight is 449 g/mol. The zero-order valence-corrected chi connectivity index (χ0v) is 17.4. The van der Waals surface area contributed by atoms with Crippen LogP contribution in [0.1, 0.15) is 5.56 Å². The van der Waals surface area contributed by atoms with Crippen molar-refractivity contribution in [1.29, 1.82) is 0 Å². The summed E-state index contributed by atoms with van der Waals surface area (Å²) in [5, 5.41) is 11.4. The van der Waals surface area contributed by atoms with E-state index in [-0.39, 0.29) is 17.3 Å². The maximum absolute atomic E-state index is 12.6. The minimum Gasteiger partial charge on any atom is -0.497 e. The van der Waals surface area contributed by atoms with Crippen LogP contribution in [0.3, 0.4) is 0 Å². The van der Waals surface area contributed by atoms with Gasteiger partial charge in [-0.3, -0.25) is 4.79 Å². The molecule has 1 amide bonds. The van der Waals surface area contributed by atoms with Crippen molar-refractivity contribution in [2.45, 2.75) is 11.2 Å². The van der Waals surface area contributed by atoms with E-state index in [1.165, 1.54) is 12.1 Å². The molecule has 162 valence electrons. The maximum Gasteiger partial charge on any atom is 0.416 e. The van der Waals surface area contributed by atoms with Gasteiger partial charge in [0.2, 0.25) is 5.91 Å². The number of hydrogen-bond donors (Lipinski definition) is 1. The average Bonchev–Trinajstić information content (AvgIpc) is 2.77. The van der Waals surface area contributed by atoms with Crippen LogP contribution >= 0.6 is 11.8 Å². The topological polar surface area (TPSA) is 73.3 Å². The number of hydrogen-bond acceptors (Lipinski definition) is 6. The number of carbonyl (C=O) groups excluding carboxylic acids is 1. The van der Waals surface area contributed by atoms with E-state index >= 15 is 0 Å². The largest absolute Gasteiger partial charge is 0.497 e. The minimum absolute atomic E-state index is 0.0287. The molecule has 1 heterocycles. The number of amides is 1. The Morgan fingerprint density at radius 3 is 2.32 bits per heavy atom. The third-order valence-electron chi connectivity index (χ3n) is 4.17. The van der Waals surface area contributed by atoms with Gasteiger partial charge in [-0.2, -0.15) is 13.2 Å². The predicted octanol–water partition coefficient (Wildman–Crippen LogP) is 4.91. The Bertz CT molecular complexity index is 1040. The lowest BCUT2D eigenvalue weighted by molar-refractivity contribution is -0.137. The van der Waals surface area contributed by atoms with Crippen molar-refractivity contribution in [2.24, 2.45) is 0 Å². The number of methoxy groups -OCH3 is 2. The first kappa shape index (κ1) is 22.4. The molecule has 1 aromatic heterocycles. The van der Waals surface area contributed by atoms with Gasteiger partial charge in [0, 0.05) is 17.3 Å². The number of thioether (sulfide) groups is 1. The van der Waals surface area contributed by atoms with Crippen LogP contribution in [-0.4, -0.2) is 36.1 Å². The number of alkyl halides is 3. The molecule has 31 heavy (non-hydrogen) atoms. The molecule has 0 spiro atoms. The van der Waals surface area contributed by atoms with Crippen LogP contribution in [0.2, 0.25) is 0 Å². The molecular formula is C21H18F3N3O3S. The highest BCUT2D eigenvalue weighted by molar-refractivity contribution is 7.99. The van der Waals surface area contributed by atoms with Gasteiger partial charge in [0.25, 0.3) is 0 Å². The number of halogens is 3. The number of carbonyl (C=O) groups is 1. The number of benzene rings is 2. The van der Waals surface area contributed by atoms with Crippen molar-refractivity contribution >= 4 is 23.4 Å². The van der Waals surface area contributed by atoms with Crippen LogP contribution < -0.4 is 14.8 Å². The number of aromatic nitrogens is 2. The summed E-state index contributed by atoms with van der Waals surface area (Å²) in [5.74, 6) is 0.901. The van der Waals surface area contributed by atoms with Crippen molar-refractivity contribution < 1.29 is 27.4 Å². The highest BCUT2D eigenvalue weighted by Crippen LogP contribution is 2.32. The Morgan fingerprint density at radius 1 is 1.00 bits per heavy atom. The Hall–Kier alpha value is -3.27. The fourth-order valence-electron chi connectivity index (χ4n) is 2.63. The quantitative estimate of drug-likeness (QED) is 0.517. The lowest BCUT2D eigenvalue weighted by Crippen LogP contribution is -2.14. The van der Waals surface area contributed by atoms with Gasteiger partial charge >= 0.3 is 6.18 Å². The van der Waals surface area contributed by atoms with E-state index in [4.69, 9.17) is 9.47 Å². The molecule has 0 radical (unpaired) electrons. The molecule has 0 fully saturated rings. The minimum atomic E-state index is -4.42. The fraction of sp³-hybridized carbons (Fsp3) is 0.190. The van der Waals surface area contributed by atoms with Gasteiger partial charge in [-0.05, 0) is 48.5 Å². The van der Waals surface area contributed by atoms with Crippen molar-refractivity contribution in [3.8, 4) is 22.8 Å². The van der Waals surface area contributed by atoms with E-state index in [1.807, 2.05) is 6.07 Å². The second kappa shape index (κ2) is 9.69. The molecule has 0 bridgehead atoms.